The highest BCUT2D eigenvalue weighted by atomic mass is 32.2. The summed E-state index contributed by atoms with van der Waals surface area (Å²) < 4.78 is 28.3. The van der Waals surface area contributed by atoms with Crippen molar-refractivity contribution in [3.8, 4) is 0 Å². The van der Waals surface area contributed by atoms with Gasteiger partial charge in [-0.2, -0.15) is 0 Å². The molecule has 1 unspecified atom stereocenters. The number of fused-ring (bicyclic) bond motifs is 1. The van der Waals surface area contributed by atoms with Crippen molar-refractivity contribution in [1.82, 2.24) is 15.1 Å². The molecular formula is C29H42N4O3S. The van der Waals surface area contributed by atoms with Crippen molar-refractivity contribution in [2.24, 2.45) is 5.92 Å². The molecule has 4 rings (SSSR count). The van der Waals surface area contributed by atoms with E-state index in [0.29, 0.717) is 17.6 Å². The van der Waals surface area contributed by atoms with Crippen molar-refractivity contribution >= 4 is 21.7 Å². The number of piperidine rings is 1. The van der Waals surface area contributed by atoms with Gasteiger partial charge in [-0.1, -0.05) is 50.2 Å². The van der Waals surface area contributed by atoms with Gasteiger partial charge < -0.3 is 15.1 Å². The molecule has 2 aliphatic rings. The number of carbonyl (C=O) groups is 1. The van der Waals surface area contributed by atoms with Gasteiger partial charge in [0.15, 0.2) is 0 Å². The van der Waals surface area contributed by atoms with E-state index in [2.05, 4.69) is 34.9 Å². The summed E-state index contributed by atoms with van der Waals surface area (Å²) in [6.45, 7) is 8.76. The second-order valence-electron chi connectivity index (χ2n) is 10.5. The summed E-state index contributed by atoms with van der Waals surface area (Å²) in [5, 5.41) is 2.99. The van der Waals surface area contributed by atoms with E-state index >= 15 is 0 Å². The first-order valence-electron chi connectivity index (χ1n) is 13.8. The first-order valence-corrected chi connectivity index (χ1v) is 15.4. The highest BCUT2D eigenvalue weighted by Crippen LogP contribution is 2.29. The number of nitrogens with zero attached hydrogens (tertiary/aromatic N) is 2. The maximum absolute atomic E-state index is 12.7. The van der Waals surface area contributed by atoms with Gasteiger partial charge in [-0.3, -0.25) is 4.72 Å². The highest BCUT2D eigenvalue weighted by molar-refractivity contribution is 7.91. The summed E-state index contributed by atoms with van der Waals surface area (Å²) in [7, 11) is -3.48. The van der Waals surface area contributed by atoms with Gasteiger partial charge in [0.05, 0.1) is 5.75 Å². The second-order valence-corrected chi connectivity index (χ2v) is 12.2. The number of benzene rings is 2. The molecule has 0 saturated carbocycles. The molecule has 7 nitrogen and oxygen atoms in total. The van der Waals surface area contributed by atoms with Crippen molar-refractivity contribution in [2.45, 2.75) is 64.2 Å². The molecule has 1 saturated heterocycles. The molecule has 202 valence electrons. The minimum absolute atomic E-state index is 0.0315. The number of carbonyl (C=O) groups excluding carboxylic acids is 1. The summed E-state index contributed by atoms with van der Waals surface area (Å²) in [5.41, 5.74) is 3.99. The van der Waals surface area contributed by atoms with E-state index in [-0.39, 0.29) is 11.8 Å². The Bertz CT molecular complexity index is 1130. The third-order valence-electron chi connectivity index (χ3n) is 7.72. The molecule has 2 N–H and O–H groups in total. The molecule has 2 amide bonds. The summed E-state index contributed by atoms with van der Waals surface area (Å²) in [6.07, 6.45) is 6.14. The molecule has 0 aromatic heterocycles. The van der Waals surface area contributed by atoms with E-state index < -0.39 is 10.0 Å². The fraction of sp³-hybridized carbons (Fsp3) is 0.552. The van der Waals surface area contributed by atoms with Crippen LogP contribution in [-0.4, -0.2) is 63.0 Å². The molecule has 0 spiro atoms. The molecule has 1 fully saturated rings. The lowest BCUT2D eigenvalue weighted by Gasteiger charge is -2.39. The minimum atomic E-state index is -3.48. The van der Waals surface area contributed by atoms with Gasteiger partial charge >= 0.3 is 6.03 Å². The average molecular weight is 527 g/mol. The van der Waals surface area contributed by atoms with E-state index in [1.165, 1.54) is 11.1 Å². The number of anilines is 1. The summed E-state index contributed by atoms with van der Waals surface area (Å²) >= 11 is 0. The molecule has 0 bridgehead atoms. The number of urea groups is 1. The Hall–Kier alpha value is -2.58. The van der Waals surface area contributed by atoms with Crippen LogP contribution in [0.1, 0.15) is 56.2 Å². The monoisotopic (exact) mass is 526 g/mol. The fourth-order valence-corrected chi connectivity index (χ4v) is 6.84. The highest BCUT2D eigenvalue weighted by Gasteiger charge is 2.28. The topological polar surface area (TPSA) is 81.8 Å². The molecule has 2 aromatic carbocycles. The lowest BCUT2D eigenvalue weighted by atomic mass is 9.86. The van der Waals surface area contributed by atoms with Crippen LogP contribution in [-0.2, 0) is 28.6 Å². The summed E-state index contributed by atoms with van der Waals surface area (Å²) in [5.74, 6) is 0.573. The zero-order valence-electron chi connectivity index (χ0n) is 22.3. The van der Waals surface area contributed by atoms with Gasteiger partial charge in [0.2, 0.25) is 10.0 Å². The van der Waals surface area contributed by atoms with Crippen molar-refractivity contribution in [1.29, 1.82) is 0 Å². The lowest BCUT2D eigenvalue weighted by molar-refractivity contribution is 0.121. The number of hydrogen-bond acceptors (Lipinski definition) is 4. The maximum Gasteiger partial charge on any atom is 0.317 e. The first kappa shape index (κ1) is 27.5. The van der Waals surface area contributed by atoms with Crippen molar-refractivity contribution in [3.05, 3.63) is 65.2 Å². The number of sulfonamides is 1. The van der Waals surface area contributed by atoms with Crippen molar-refractivity contribution in [2.75, 3.05) is 37.4 Å². The predicted molar refractivity (Wildman–Crippen MR) is 150 cm³/mol. The molecule has 8 heteroatoms. The Morgan fingerprint density at radius 3 is 2.49 bits per heavy atom. The number of amides is 2. The van der Waals surface area contributed by atoms with E-state index in [1.54, 1.807) is 0 Å². The van der Waals surface area contributed by atoms with Crippen molar-refractivity contribution in [3.63, 3.8) is 0 Å². The van der Waals surface area contributed by atoms with Crippen molar-refractivity contribution < 1.29 is 13.2 Å². The number of aryl methyl sites for hydroxylation is 1. The Balaban J connectivity index is 1.33. The third-order valence-corrected chi connectivity index (χ3v) is 8.98. The van der Waals surface area contributed by atoms with E-state index in [4.69, 9.17) is 0 Å². The molecule has 2 aromatic rings. The van der Waals surface area contributed by atoms with Gasteiger partial charge in [0, 0.05) is 37.9 Å². The smallest absolute Gasteiger partial charge is 0.317 e. The SMILES string of the molecule is CCCNC(=O)N1CCC(CN(CC)C2CCc3ccc(NS(=O)(=O)Cc4ccccc4)cc3C2)CC1. The molecule has 1 heterocycles. The van der Waals surface area contributed by atoms with Crippen LogP contribution in [0.5, 0.6) is 0 Å². The minimum Gasteiger partial charge on any atom is -0.338 e. The number of nitrogens with one attached hydrogen (secondary N) is 2. The summed E-state index contributed by atoms with van der Waals surface area (Å²) in [6, 6.07) is 15.8. The Morgan fingerprint density at radius 2 is 1.78 bits per heavy atom. The zero-order valence-corrected chi connectivity index (χ0v) is 23.1. The molecule has 1 aliphatic heterocycles. The summed E-state index contributed by atoms with van der Waals surface area (Å²) in [4.78, 5) is 16.8. The molecule has 1 atom stereocenters. The lowest BCUT2D eigenvalue weighted by Crippen LogP contribution is -2.47. The molecule has 0 radical (unpaired) electrons. The molecular weight excluding hydrogens is 484 g/mol. The van der Waals surface area contributed by atoms with Crippen LogP contribution in [0.4, 0.5) is 10.5 Å². The van der Waals surface area contributed by atoms with Crippen LogP contribution in [0.25, 0.3) is 0 Å². The van der Waals surface area contributed by atoms with Gasteiger partial charge in [-0.05, 0) is 79.8 Å². The maximum atomic E-state index is 12.7. The van der Waals surface area contributed by atoms with Gasteiger partial charge in [-0.25, -0.2) is 13.2 Å². The largest absolute Gasteiger partial charge is 0.338 e. The Labute approximate surface area is 222 Å². The quantitative estimate of drug-likeness (QED) is 0.473. The average Bonchev–Trinajstić information content (AvgIpc) is 2.90. The molecule has 37 heavy (non-hydrogen) atoms. The van der Waals surface area contributed by atoms with E-state index in [9.17, 15) is 13.2 Å². The van der Waals surface area contributed by atoms with Gasteiger partial charge in [-0.15, -0.1) is 0 Å². The van der Waals surface area contributed by atoms with E-state index in [0.717, 1.165) is 76.8 Å². The van der Waals surface area contributed by atoms with Crippen LogP contribution < -0.4 is 10.0 Å². The first-order chi connectivity index (χ1) is 17.9. The van der Waals surface area contributed by atoms with Crippen LogP contribution in [0, 0.1) is 5.92 Å². The fourth-order valence-electron chi connectivity index (χ4n) is 5.65. The van der Waals surface area contributed by atoms with Crippen LogP contribution in [0.15, 0.2) is 48.5 Å². The second kappa shape index (κ2) is 12.8. The number of likely N-dealkylation sites (tertiary alicyclic amines) is 1. The van der Waals surface area contributed by atoms with E-state index in [1.807, 2.05) is 47.4 Å². The normalized spacial score (nSPS) is 18.5. The van der Waals surface area contributed by atoms with Crippen LogP contribution in [0.2, 0.25) is 0 Å². The van der Waals surface area contributed by atoms with Crippen LogP contribution >= 0.6 is 0 Å². The predicted octanol–water partition coefficient (Wildman–Crippen LogP) is 4.64. The van der Waals surface area contributed by atoms with Gasteiger partial charge in [0.25, 0.3) is 0 Å². The number of likely N-dealkylation sites (N-methyl/N-ethyl adjacent to an activating group) is 1. The van der Waals surface area contributed by atoms with Gasteiger partial charge in [0.1, 0.15) is 0 Å². The standard InChI is InChI=1S/C29H42N4O3S/c1-3-16-30-29(34)33-17-14-23(15-18-33)21-32(4-2)28-13-11-25-10-12-27(19-26(25)20-28)31-37(35,36)22-24-8-6-5-7-9-24/h5-10,12,19,23,28,31H,3-4,11,13-18,20-22H2,1-2H3,(H,30,34). The Morgan fingerprint density at radius 1 is 1.03 bits per heavy atom. The third kappa shape index (κ3) is 7.71. The zero-order chi connectivity index (χ0) is 26.3. The molecule has 1 aliphatic carbocycles. The Kier molecular flexibility index (Phi) is 9.49. The number of rotatable bonds is 10. The van der Waals surface area contributed by atoms with Crippen LogP contribution in [0.3, 0.4) is 0 Å². The number of hydrogen-bond donors (Lipinski definition) is 2.